The average molecular weight is 254 g/mol. The van der Waals surface area contributed by atoms with Gasteiger partial charge < -0.3 is 5.73 Å². The van der Waals surface area contributed by atoms with Gasteiger partial charge in [0.2, 0.25) is 0 Å². The normalized spacial score (nSPS) is 11.7. The van der Waals surface area contributed by atoms with Gasteiger partial charge in [-0.2, -0.15) is 0 Å². The summed E-state index contributed by atoms with van der Waals surface area (Å²) < 4.78 is 0. The highest BCUT2D eigenvalue weighted by atomic mass is 35.5. The highest BCUT2D eigenvalue weighted by Gasteiger charge is 2.02. The van der Waals surface area contributed by atoms with Crippen LogP contribution in [0.2, 0.25) is 5.02 Å². The molecule has 3 heteroatoms. The van der Waals surface area contributed by atoms with E-state index in [-0.39, 0.29) is 6.04 Å². The van der Waals surface area contributed by atoms with E-state index in [1.54, 1.807) is 11.8 Å². The minimum Gasteiger partial charge on any atom is -0.327 e. The summed E-state index contributed by atoms with van der Waals surface area (Å²) in [4.78, 5) is 1.21. The maximum absolute atomic E-state index is 5.98. The second-order valence-electron chi connectivity index (χ2n) is 3.49. The number of halogens is 1. The van der Waals surface area contributed by atoms with E-state index in [1.165, 1.54) is 4.90 Å². The maximum atomic E-state index is 5.98. The van der Waals surface area contributed by atoms with E-state index in [2.05, 4.69) is 11.8 Å². The minimum absolute atomic E-state index is 0.210. The number of benzene rings is 1. The van der Waals surface area contributed by atoms with E-state index >= 15 is 0 Å². The Kier molecular flexibility index (Phi) is 6.40. The first kappa shape index (κ1) is 13.4. The van der Waals surface area contributed by atoms with Gasteiger partial charge in [-0.1, -0.05) is 11.6 Å². The summed E-state index contributed by atoms with van der Waals surface area (Å²) in [6, 6.07) is 8.05. The third kappa shape index (κ3) is 5.46. The molecule has 0 spiro atoms. The number of hydrogen-bond acceptors (Lipinski definition) is 2. The Hall–Kier alpha value is -0.620. The van der Waals surface area contributed by atoms with Crippen molar-refractivity contribution in [1.82, 2.24) is 0 Å². The number of thioether (sulfide) groups is 1. The zero-order valence-corrected chi connectivity index (χ0v) is 10.9. The standard InChI is InChI=1S/C13H16ClNS/c1-2-3-4-5-12(15)10-16-13-8-6-11(14)7-9-13/h6-9,12H,4-5,10,15H2,1H3. The van der Waals surface area contributed by atoms with Crippen molar-refractivity contribution in [2.75, 3.05) is 5.75 Å². The zero-order chi connectivity index (χ0) is 11.8. The molecular weight excluding hydrogens is 238 g/mol. The van der Waals surface area contributed by atoms with E-state index in [9.17, 15) is 0 Å². The lowest BCUT2D eigenvalue weighted by Gasteiger charge is -2.09. The molecule has 0 heterocycles. The highest BCUT2D eigenvalue weighted by molar-refractivity contribution is 7.99. The van der Waals surface area contributed by atoms with E-state index in [0.717, 1.165) is 23.6 Å². The van der Waals surface area contributed by atoms with Crippen molar-refractivity contribution in [3.05, 3.63) is 29.3 Å². The van der Waals surface area contributed by atoms with Crippen molar-refractivity contribution < 1.29 is 0 Å². The second kappa shape index (κ2) is 7.62. The van der Waals surface area contributed by atoms with Crippen molar-refractivity contribution in [2.45, 2.75) is 30.7 Å². The summed E-state index contributed by atoms with van der Waals surface area (Å²) in [5.74, 6) is 6.83. The summed E-state index contributed by atoms with van der Waals surface area (Å²) in [7, 11) is 0. The van der Waals surface area contributed by atoms with Crippen molar-refractivity contribution in [3.8, 4) is 11.8 Å². The van der Waals surface area contributed by atoms with Gasteiger partial charge in [0.05, 0.1) is 0 Å². The molecule has 86 valence electrons. The first-order chi connectivity index (χ1) is 7.72. The Balaban J connectivity index is 2.27. The summed E-state index contributed by atoms with van der Waals surface area (Å²) in [5, 5.41) is 0.770. The Bertz CT molecular complexity index is 364. The van der Waals surface area contributed by atoms with Crippen LogP contribution in [0.1, 0.15) is 19.8 Å². The summed E-state index contributed by atoms with van der Waals surface area (Å²) >= 11 is 7.57. The highest BCUT2D eigenvalue weighted by Crippen LogP contribution is 2.21. The molecule has 0 fully saturated rings. The number of nitrogens with two attached hydrogens (primary N) is 1. The predicted octanol–water partition coefficient (Wildman–Crippen LogP) is 3.56. The molecule has 1 unspecified atom stereocenters. The third-order valence-corrected chi connectivity index (χ3v) is 3.55. The molecule has 0 aliphatic heterocycles. The van der Waals surface area contributed by atoms with Crippen molar-refractivity contribution in [3.63, 3.8) is 0 Å². The minimum atomic E-state index is 0.210. The van der Waals surface area contributed by atoms with Crippen LogP contribution in [-0.4, -0.2) is 11.8 Å². The van der Waals surface area contributed by atoms with Gasteiger partial charge >= 0.3 is 0 Å². The SMILES string of the molecule is CC#CCCC(N)CSc1ccc(Cl)cc1. The molecule has 1 nitrogen and oxygen atoms in total. The fraction of sp³-hybridized carbons (Fsp3) is 0.385. The lowest BCUT2D eigenvalue weighted by molar-refractivity contribution is 0.692. The maximum Gasteiger partial charge on any atom is 0.0406 e. The molecule has 0 aliphatic carbocycles. The zero-order valence-electron chi connectivity index (χ0n) is 9.37. The smallest absolute Gasteiger partial charge is 0.0406 e. The van der Waals surface area contributed by atoms with Crippen molar-refractivity contribution >= 4 is 23.4 Å². The second-order valence-corrected chi connectivity index (χ2v) is 5.02. The largest absolute Gasteiger partial charge is 0.327 e. The Morgan fingerprint density at radius 3 is 2.69 bits per heavy atom. The van der Waals surface area contributed by atoms with Crippen LogP contribution >= 0.6 is 23.4 Å². The van der Waals surface area contributed by atoms with Crippen LogP contribution in [-0.2, 0) is 0 Å². The monoisotopic (exact) mass is 253 g/mol. The van der Waals surface area contributed by atoms with E-state index < -0.39 is 0 Å². The predicted molar refractivity (Wildman–Crippen MR) is 72.8 cm³/mol. The van der Waals surface area contributed by atoms with Gasteiger partial charge in [-0.25, -0.2) is 0 Å². The quantitative estimate of drug-likeness (QED) is 0.641. The van der Waals surface area contributed by atoms with Gasteiger partial charge in [-0.15, -0.1) is 23.6 Å². The molecule has 0 aliphatic rings. The van der Waals surface area contributed by atoms with Crippen LogP contribution in [0.3, 0.4) is 0 Å². The van der Waals surface area contributed by atoms with Crippen LogP contribution in [0.4, 0.5) is 0 Å². The molecule has 1 atom stereocenters. The van der Waals surface area contributed by atoms with E-state index in [1.807, 2.05) is 31.2 Å². The topological polar surface area (TPSA) is 26.0 Å². The lowest BCUT2D eigenvalue weighted by atomic mass is 10.2. The van der Waals surface area contributed by atoms with Crippen LogP contribution in [0.5, 0.6) is 0 Å². The van der Waals surface area contributed by atoms with Gasteiger partial charge in [-0.3, -0.25) is 0 Å². The van der Waals surface area contributed by atoms with Crippen LogP contribution in [0, 0.1) is 11.8 Å². The van der Waals surface area contributed by atoms with Crippen LogP contribution < -0.4 is 5.73 Å². The molecule has 0 aromatic heterocycles. The molecule has 0 radical (unpaired) electrons. The number of rotatable bonds is 5. The van der Waals surface area contributed by atoms with Crippen molar-refractivity contribution in [2.24, 2.45) is 5.73 Å². The molecule has 16 heavy (non-hydrogen) atoms. The molecule has 1 aromatic rings. The fourth-order valence-corrected chi connectivity index (χ4v) is 2.23. The van der Waals surface area contributed by atoms with Crippen LogP contribution in [0.25, 0.3) is 0 Å². The third-order valence-electron chi connectivity index (χ3n) is 2.09. The lowest BCUT2D eigenvalue weighted by Crippen LogP contribution is -2.22. The Morgan fingerprint density at radius 2 is 2.06 bits per heavy atom. The molecule has 2 N–H and O–H groups in total. The van der Waals surface area contributed by atoms with Gasteiger partial charge in [0.15, 0.2) is 0 Å². The fourth-order valence-electron chi connectivity index (χ4n) is 1.20. The Labute approximate surface area is 107 Å². The summed E-state index contributed by atoms with van der Waals surface area (Å²) in [6.07, 6.45) is 1.85. The van der Waals surface area contributed by atoms with E-state index in [0.29, 0.717) is 0 Å². The Morgan fingerprint density at radius 1 is 1.38 bits per heavy atom. The van der Waals surface area contributed by atoms with Gasteiger partial charge in [0.1, 0.15) is 0 Å². The van der Waals surface area contributed by atoms with E-state index in [4.69, 9.17) is 17.3 Å². The van der Waals surface area contributed by atoms with Crippen LogP contribution in [0.15, 0.2) is 29.2 Å². The first-order valence-electron chi connectivity index (χ1n) is 5.26. The number of hydrogen-bond donors (Lipinski definition) is 1. The molecule has 0 bridgehead atoms. The van der Waals surface area contributed by atoms with Gasteiger partial charge in [0, 0.05) is 28.1 Å². The molecule has 0 amide bonds. The molecular formula is C13H16ClNS. The summed E-state index contributed by atoms with van der Waals surface area (Å²) in [6.45, 7) is 1.86. The summed E-state index contributed by atoms with van der Waals surface area (Å²) in [5.41, 5.74) is 5.98. The average Bonchev–Trinajstić information content (AvgIpc) is 2.29. The molecule has 0 saturated heterocycles. The van der Waals surface area contributed by atoms with Crippen molar-refractivity contribution in [1.29, 1.82) is 0 Å². The first-order valence-corrected chi connectivity index (χ1v) is 6.62. The molecule has 1 aromatic carbocycles. The van der Waals surface area contributed by atoms with Gasteiger partial charge in [0.25, 0.3) is 0 Å². The molecule has 1 rings (SSSR count). The van der Waals surface area contributed by atoms with Gasteiger partial charge in [-0.05, 0) is 37.6 Å². The molecule has 0 saturated carbocycles.